The van der Waals surface area contributed by atoms with E-state index in [4.69, 9.17) is 4.42 Å². The van der Waals surface area contributed by atoms with Gasteiger partial charge in [-0.2, -0.15) is 5.10 Å². The summed E-state index contributed by atoms with van der Waals surface area (Å²) in [6.45, 7) is 8.25. The fourth-order valence-corrected chi connectivity index (χ4v) is 3.84. The van der Waals surface area contributed by atoms with Gasteiger partial charge in [-0.05, 0) is 56.7 Å². The van der Waals surface area contributed by atoms with Crippen LogP contribution in [0.5, 0.6) is 0 Å². The first-order valence-corrected chi connectivity index (χ1v) is 10.1. The molecular formula is C23H26N4O3. The van der Waals surface area contributed by atoms with Gasteiger partial charge in [0, 0.05) is 37.9 Å². The standard InChI is InChI=1S/C23H26N4O3/c1-17-6-4-7-18(16-17)25-11-13-26(14-12-25)22(29)23(2,3)27-21(28)10-9-19(24-27)20-8-5-15-30-20/h4-10,15-16H,11-14H2,1-3H3. The fraction of sp³-hybridized carbons (Fsp3) is 0.348. The Balaban J connectivity index is 1.52. The van der Waals surface area contributed by atoms with Gasteiger partial charge in [-0.1, -0.05) is 12.1 Å². The van der Waals surface area contributed by atoms with E-state index < -0.39 is 5.54 Å². The van der Waals surface area contributed by atoms with Crippen molar-refractivity contribution in [1.29, 1.82) is 0 Å². The first kappa shape index (κ1) is 19.9. The number of anilines is 1. The van der Waals surface area contributed by atoms with Crippen LogP contribution in [0.25, 0.3) is 11.5 Å². The second kappa shape index (κ2) is 7.82. The molecule has 7 nitrogen and oxygen atoms in total. The molecule has 3 heterocycles. The maximum absolute atomic E-state index is 13.4. The molecule has 0 aliphatic carbocycles. The molecule has 0 atom stereocenters. The van der Waals surface area contributed by atoms with Crippen LogP contribution in [0.4, 0.5) is 5.69 Å². The fourth-order valence-electron chi connectivity index (χ4n) is 3.84. The maximum atomic E-state index is 13.4. The molecule has 1 aliphatic heterocycles. The SMILES string of the molecule is Cc1cccc(N2CCN(C(=O)C(C)(C)n3nc(-c4ccco4)ccc3=O)CC2)c1. The van der Waals surface area contributed by atoms with E-state index in [-0.39, 0.29) is 11.5 Å². The molecule has 0 unspecified atom stereocenters. The van der Waals surface area contributed by atoms with Crippen molar-refractivity contribution in [2.75, 3.05) is 31.1 Å². The minimum Gasteiger partial charge on any atom is -0.463 e. The summed E-state index contributed by atoms with van der Waals surface area (Å²) in [7, 11) is 0. The number of rotatable bonds is 4. The zero-order valence-electron chi connectivity index (χ0n) is 17.5. The highest BCUT2D eigenvalue weighted by molar-refractivity contribution is 5.84. The molecule has 0 N–H and O–H groups in total. The Morgan fingerprint density at radius 1 is 1.03 bits per heavy atom. The van der Waals surface area contributed by atoms with Crippen LogP contribution >= 0.6 is 0 Å². The molecule has 1 saturated heterocycles. The van der Waals surface area contributed by atoms with E-state index in [1.165, 1.54) is 22.0 Å². The molecule has 1 amide bonds. The van der Waals surface area contributed by atoms with Crippen LogP contribution in [-0.2, 0) is 10.3 Å². The monoisotopic (exact) mass is 406 g/mol. The lowest BCUT2D eigenvalue weighted by molar-refractivity contribution is -0.140. The Kier molecular flexibility index (Phi) is 5.20. The molecule has 7 heteroatoms. The molecule has 1 aromatic carbocycles. The largest absolute Gasteiger partial charge is 0.463 e. The van der Waals surface area contributed by atoms with Gasteiger partial charge in [0.2, 0.25) is 5.91 Å². The van der Waals surface area contributed by atoms with E-state index in [1.807, 2.05) is 4.90 Å². The number of aryl methyl sites for hydroxylation is 1. The summed E-state index contributed by atoms with van der Waals surface area (Å²) in [5.41, 5.74) is 1.48. The number of hydrogen-bond donors (Lipinski definition) is 0. The Labute approximate surface area is 175 Å². The summed E-state index contributed by atoms with van der Waals surface area (Å²) >= 11 is 0. The van der Waals surface area contributed by atoms with Gasteiger partial charge >= 0.3 is 0 Å². The Morgan fingerprint density at radius 2 is 1.80 bits per heavy atom. The van der Waals surface area contributed by atoms with Crippen LogP contribution in [0, 0.1) is 6.92 Å². The number of amides is 1. The predicted octanol–water partition coefficient (Wildman–Crippen LogP) is 2.90. The lowest BCUT2D eigenvalue weighted by Crippen LogP contribution is -2.56. The second-order valence-electron chi connectivity index (χ2n) is 8.12. The first-order valence-electron chi connectivity index (χ1n) is 10.1. The molecule has 0 bridgehead atoms. The van der Waals surface area contributed by atoms with Gasteiger partial charge in [0.05, 0.1) is 6.26 Å². The van der Waals surface area contributed by atoms with Crippen LogP contribution < -0.4 is 10.5 Å². The predicted molar refractivity (Wildman–Crippen MR) is 115 cm³/mol. The topological polar surface area (TPSA) is 71.6 Å². The molecule has 1 fully saturated rings. The second-order valence-corrected chi connectivity index (χ2v) is 8.12. The van der Waals surface area contributed by atoms with E-state index in [0.29, 0.717) is 24.5 Å². The molecule has 3 aromatic rings. The third-order valence-corrected chi connectivity index (χ3v) is 5.56. The summed E-state index contributed by atoms with van der Waals surface area (Å²) in [6.07, 6.45) is 1.55. The zero-order valence-corrected chi connectivity index (χ0v) is 17.5. The lowest BCUT2D eigenvalue weighted by atomic mass is 10.0. The van der Waals surface area contributed by atoms with Gasteiger partial charge < -0.3 is 14.2 Å². The maximum Gasteiger partial charge on any atom is 0.267 e. The molecule has 30 heavy (non-hydrogen) atoms. The molecule has 2 aromatic heterocycles. The van der Waals surface area contributed by atoms with Crippen LogP contribution in [0.15, 0.2) is 64.0 Å². The summed E-state index contributed by atoms with van der Waals surface area (Å²) in [6, 6.07) is 15.0. The van der Waals surface area contributed by atoms with Crippen LogP contribution in [-0.4, -0.2) is 46.8 Å². The Bertz CT molecular complexity index is 1090. The first-order chi connectivity index (χ1) is 14.4. The van der Waals surface area contributed by atoms with Crippen molar-refractivity contribution in [2.45, 2.75) is 26.3 Å². The normalized spacial score (nSPS) is 14.8. The molecule has 0 saturated carbocycles. The summed E-state index contributed by atoms with van der Waals surface area (Å²) in [5.74, 6) is 0.441. The van der Waals surface area contributed by atoms with E-state index >= 15 is 0 Å². The highest BCUT2D eigenvalue weighted by Gasteiger charge is 2.37. The Hall–Kier alpha value is -3.35. The van der Waals surface area contributed by atoms with Crippen molar-refractivity contribution < 1.29 is 9.21 Å². The number of carbonyl (C=O) groups excluding carboxylic acids is 1. The van der Waals surface area contributed by atoms with Crippen molar-refractivity contribution in [3.05, 3.63) is 70.7 Å². The van der Waals surface area contributed by atoms with Gasteiger partial charge in [0.15, 0.2) is 5.76 Å². The minimum atomic E-state index is -1.11. The molecule has 156 valence electrons. The molecule has 0 spiro atoms. The average molecular weight is 406 g/mol. The quantitative estimate of drug-likeness (QED) is 0.666. The number of furan rings is 1. The van der Waals surface area contributed by atoms with Gasteiger partial charge in [0.1, 0.15) is 11.2 Å². The number of aromatic nitrogens is 2. The number of carbonyl (C=O) groups is 1. The van der Waals surface area contributed by atoms with Gasteiger partial charge in [-0.3, -0.25) is 9.59 Å². The molecule has 1 aliphatic rings. The van der Waals surface area contributed by atoms with E-state index in [0.717, 1.165) is 13.1 Å². The van der Waals surface area contributed by atoms with Crippen LogP contribution in [0.2, 0.25) is 0 Å². The van der Waals surface area contributed by atoms with E-state index in [9.17, 15) is 9.59 Å². The number of benzene rings is 1. The van der Waals surface area contributed by atoms with Crippen molar-refractivity contribution in [3.8, 4) is 11.5 Å². The van der Waals surface area contributed by atoms with Gasteiger partial charge in [0.25, 0.3) is 5.56 Å². The third kappa shape index (κ3) is 3.75. The minimum absolute atomic E-state index is 0.113. The molecular weight excluding hydrogens is 380 g/mol. The van der Waals surface area contributed by atoms with Crippen molar-refractivity contribution in [2.24, 2.45) is 0 Å². The van der Waals surface area contributed by atoms with Crippen LogP contribution in [0.1, 0.15) is 19.4 Å². The van der Waals surface area contributed by atoms with Crippen molar-refractivity contribution in [1.82, 2.24) is 14.7 Å². The molecule has 4 rings (SSSR count). The lowest BCUT2D eigenvalue weighted by Gasteiger charge is -2.39. The van der Waals surface area contributed by atoms with Crippen molar-refractivity contribution in [3.63, 3.8) is 0 Å². The zero-order chi connectivity index (χ0) is 21.3. The highest BCUT2D eigenvalue weighted by Crippen LogP contribution is 2.22. The summed E-state index contributed by atoms with van der Waals surface area (Å²) in [4.78, 5) is 30.0. The highest BCUT2D eigenvalue weighted by atomic mass is 16.3. The Morgan fingerprint density at radius 3 is 2.47 bits per heavy atom. The summed E-state index contributed by atoms with van der Waals surface area (Å²) < 4.78 is 6.65. The van der Waals surface area contributed by atoms with Crippen molar-refractivity contribution >= 4 is 11.6 Å². The molecule has 0 radical (unpaired) electrons. The smallest absolute Gasteiger partial charge is 0.267 e. The summed E-state index contributed by atoms with van der Waals surface area (Å²) in [5, 5.41) is 4.43. The third-order valence-electron chi connectivity index (χ3n) is 5.56. The van der Waals surface area contributed by atoms with Gasteiger partial charge in [-0.25, -0.2) is 4.68 Å². The average Bonchev–Trinajstić information content (AvgIpc) is 3.28. The van der Waals surface area contributed by atoms with E-state index in [2.05, 4.69) is 41.2 Å². The number of nitrogens with zero attached hydrogens (tertiary/aromatic N) is 4. The van der Waals surface area contributed by atoms with E-state index in [1.54, 1.807) is 38.3 Å². The van der Waals surface area contributed by atoms with Crippen LogP contribution in [0.3, 0.4) is 0 Å². The number of hydrogen-bond acceptors (Lipinski definition) is 5. The van der Waals surface area contributed by atoms with Gasteiger partial charge in [-0.15, -0.1) is 0 Å². The number of piperazine rings is 1.